The Labute approximate surface area is 330 Å². The minimum absolute atomic E-state index is 0.0232. The van der Waals surface area contributed by atoms with Gasteiger partial charge in [0.25, 0.3) is 0 Å². The molecule has 55 heavy (non-hydrogen) atoms. The fraction of sp³-hybridized carbons (Fsp3) is 0.500. The van der Waals surface area contributed by atoms with Gasteiger partial charge in [-0.05, 0) is 123 Å². The highest BCUT2D eigenvalue weighted by Crippen LogP contribution is 2.63. The maximum absolute atomic E-state index is 9.94. The molecule has 3 aromatic rings. The second kappa shape index (κ2) is 18.6. The molecule has 0 bridgehead atoms. The van der Waals surface area contributed by atoms with Crippen molar-refractivity contribution in [3.63, 3.8) is 0 Å². The number of allylic oxidation sites excluding steroid dienone is 1. The molecule has 0 spiro atoms. The number of fused-ring (bicyclic) bond motifs is 2. The lowest BCUT2D eigenvalue weighted by atomic mass is 9.56. The van der Waals surface area contributed by atoms with Crippen LogP contribution in [0.3, 0.4) is 0 Å². The summed E-state index contributed by atoms with van der Waals surface area (Å²) in [4.78, 5) is 7.38. The summed E-state index contributed by atoms with van der Waals surface area (Å²) in [5.74, 6) is 1.44. The Morgan fingerprint density at radius 3 is 2.45 bits per heavy atom. The highest BCUT2D eigenvalue weighted by molar-refractivity contribution is 8.00. The van der Waals surface area contributed by atoms with Crippen molar-refractivity contribution in [1.82, 2.24) is 0 Å². The molecule has 0 aromatic heterocycles. The Morgan fingerprint density at radius 1 is 0.927 bits per heavy atom. The van der Waals surface area contributed by atoms with E-state index in [0.717, 1.165) is 96.8 Å². The molecule has 0 amide bonds. The SMILES string of the molecule is C=CCOC12Oc3ccc(Oc4ccc(C)c(C)c4)cc3C3C(CCCCO)C(CCCCO)C=C(C(=NOC4CCCCO4)CC1Sc1ccccc1)C32. The maximum Gasteiger partial charge on any atom is 0.231 e. The zero-order chi connectivity index (χ0) is 38.2. The molecule has 7 atom stereocenters. The first-order chi connectivity index (χ1) is 26.9. The molecule has 2 aliphatic carbocycles. The van der Waals surface area contributed by atoms with Gasteiger partial charge in [0, 0.05) is 42.4 Å². The second-order valence-electron chi connectivity index (χ2n) is 15.4. The summed E-state index contributed by atoms with van der Waals surface area (Å²) in [5, 5.41) is 24.6. The number of ether oxygens (including phenoxy) is 4. The van der Waals surface area contributed by atoms with Crippen LogP contribution in [0.1, 0.15) is 86.8 Å². The summed E-state index contributed by atoms with van der Waals surface area (Å²) < 4.78 is 27.0. The van der Waals surface area contributed by atoms with Crippen molar-refractivity contribution in [3.8, 4) is 17.2 Å². The summed E-state index contributed by atoms with van der Waals surface area (Å²) in [6.07, 6.45) is 12.5. The number of thioether (sulfide) groups is 1. The van der Waals surface area contributed by atoms with Gasteiger partial charge < -0.3 is 34.0 Å². The van der Waals surface area contributed by atoms with E-state index in [1.54, 1.807) is 11.8 Å². The maximum atomic E-state index is 9.94. The molecule has 3 aromatic carbocycles. The quantitative estimate of drug-likeness (QED) is 0.0796. The Hall–Kier alpha value is -3.60. The predicted octanol–water partition coefficient (Wildman–Crippen LogP) is 10.0. The third kappa shape index (κ3) is 8.87. The van der Waals surface area contributed by atoms with Crippen LogP contribution in [-0.2, 0) is 14.3 Å². The number of aliphatic hydroxyl groups is 2. The molecule has 9 heteroatoms. The lowest BCUT2D eigenvalue weighted by Crippen LogP contribution is -2.64. The predicted molar refractivity (Wildman–Crippen MR) is 218 cm³/mol. The molecule has 1 saturated heterocycles. The summed E-state index contributed by atoms with van der Waals surface area (Å²) >= 11 is 1.76. The van der Waals surface area contributed by atoms with Crippen LogP contribution in [0.2, 0.25) is 0 Å². The average Bonchev–Trinajstić information content (AvgIpc) is 3.20. The molecule has 1 saturated carbocycles. The summed E-state index contributed by atoms with van der Waals surface area (Å²) in [6.45, 7) is 9.59. The molecule has 2 aliphatic heterocycles. The van der Waals surface area contributed by atoms with Crippen molar-refractivity contribution in [2.75, 3.05) is 26.4 Å². The molecular weight excluding hydrogens is 711 g/mol. The van der Waals surface area contributed by atoms with Gasteiger partial charge in [-0.2, -0.15) is 0 Å². The van der Waals surface area contributed by atoms with Gasteiger partial charge in [-0.25, -0.2) is 0 Å². The van der Waals surface area contributed by atoms with E-state index in [1.165, 1.54) is 11.1 Å². The normalized spacial score (nSPS) is 27.7. The minimum atomic E-state index is -1.06. The fourth-order valence-electron chi connectivity index (χ4n) is 8.98. The minimum Gasteiger partial charge on any atom is -0.460 e. The first-order valence-corrected chi connectivity index (χ1v) is 21.1. The van der Waals surface area contributed by atoms with Gasteiger partial charge in [-0.3, -0.25) is 0 Å². The van der Waals surface area contributed by atoms with Crippen LogP contribution in [0, 0.1) is 31.6 Å². The van der Waals surface area contributed by atoms with Crippen molar-refractivity contribution in [3.05, 3.63) is 108 Å². The highest BCUT2D eigenvalue weighted by atomic mass is 32.2. The van der Waals surface area contributed by atoms with Crippen molar-refractivity contribution in [2.45, 2.75) is 106 Å². The second-order valence-corrected chi connectivity index (χ2v) is 16.7. The molecule has 2 N–H and O–H groups in total. The molecule has 294 valence electrons. The highest BCUT2D eigenvalue weighted by Gasteiger charge is 2.64. The van der Waals surface area contributed by atoms with E-state index < -0.39 is 5.79 Å². The monoisotopic (exact) mass is 767 g/mol. The third-order valence-corrected chi connectivity index (χ3v) is 13.1. The van der Waals surface area contributed by atoms with Gasteiger partial charge in [0.1, 0.15) is 17.2 Å². The van der Waals surface area contributed by atoms with Crippen LogP contribution in [0.5, 0.6) is 17.2 Å². The molecule has 4 aliphatic rings. The van der Waals surface area contributed by atoms with Crippen molar-refractivity contribution in [1.29, 1.82) is 0 Å². The number of aryl methyl sites for hydroxylation is 2. The first kappa shape index (κ1) is 39.6. The number of nitrogens with zero attached hydrogens (tertiary/aromatic N) is 1. The van der Waals surface area contributed by atoms with E-state index >= 15 is 0 Å². The van der Waals surface area contributed by atoms with Crippen molar-refractivity contribution in [2.24, 2.45) is 22.9 Å². The Bertz CT molecular complexity index is 1810. The van der Waals surface area contributed by atoms with E-state index in [9.17, 15) is 10.2 Å². The number of hydrogen-bond acceptors (Lipinski definition) is 9. The van der Waals surface area contributed by atoms with Gasteiger partial charge >= 0.3 is 0 Å². The molecule has 2 fully saturated rings. The number of hydrogen-bond donors (Lipinski definition) is 2. The van der Waals surface area contributed by atoms with Crippen LogP contribution in [0.15, 0.2) is 101 Å². The summed E-state index contributed by atoms with van der Waals surface area (Å²) in [7, 11) is 0. The fourth-order valence-corrected chi connectivity index (χ4v) is 10.3. The van der Waals surface area contributed by atoms with Gasteiger partial charge in [0.2, 0.25) is 12.1 Å². The van der Waals surface area contributed by atoms with Crippen LogP contribution < -0.4 is 9.47 Å². The number of aliphatic hydroxyl groups excluding tert-OH is 2. The molecular formula is C46H57NO7S. The van der Waals surface area contributed by atoms with Crippen LogP contribution in [-0.4, -0.2) is 59.7 Å². The Balaban J connectivity index is 1.40. The van der Waals surface area contributed by atoms with E-state index in [1.807, 2.05) is 24.3 Å². The van der Waals surface area contributed by atoms with E-state index in [4.69, 9.17) is 28.9 Å². The number of oxime groups is 1. The van der Waals surface area contributed by atoms with Gasteiger partial charge in [0.05, 0.1) is 30.1 Å². The average molecular weight is 768 g/mol. The van der Waals surface area contributed by atoms with E-state index in [-0.39, 0.29) is 48.4 Å². The third-order valence-electron chi connectivity index (χ3n) is 11.8. The summed E-state index contributed by atoms with van der Waals surface area (Å²) in [6, 6.07) is 22.9. The molecule has 0 radical (unpaired) electrons. The Morgan fingerprint density at radius 2 is 1.71 bits per heavy atom. The smallest absolute Gasteiger partial charge is 0.231 e. The molecule has 8 nitrogen and oxygen atoms in total. The number of unbranched alkanes of at least 4 members (excludes halogenated alkanes) is 2. The lowest BCUT2D eigenvalue weighted by Gasteiger charge is -2.58. The largest absolute Gasteiger partial charge is 0.460 e. The van der Waals surface area contributed by atoms with Crippen molar-refractivity contribution >= 4 is 17.5 Å². The topological polar surface area (TPSA) is 99.0 Å². The summed E-state index contributed by atoms with van der Waals surface area (Å²) in [5.41, 5.74) is 5.51. The van der Waals surface area contributed by atoms with Crippen LogP contribution >= 0.6 is 11.8 Å². The lowest BCUT2D eigenvalue weighted by molar-refractivity contribution is -0.223. The van der Waals surface area contributed by atoms with Gasteiger partial charge in [0.15, 0.2) is 0 Å². The van der Waals surface area contributed by atoms with Gasteiger partial charge in [-0.15, -0.1) is 18.3 Å². The number of benzene rings is 3. The van der Waals surface area contributed by atoms with Crippen molar-refractivity contribution < 1.29 is 34.0 Å². The van der Waals surface area contributed by atoms with Crippen LogP contribution in [0.4, 0.5) is 0 Å². The first-order valence-electron chi connectivity index (χ1n) is 20.3. The molecule has 7 rings (SSSR count). The zero-order valence-corrected chi connectivity index (χ0v) is 33.2. The molecule has 2 heterocycles. The van der Waals surface area contributed by atoms with E-state index in [0.29, 0.717) is 19.6 Å². The molecule has 7 unspecified atom stereocenters. The Kier molecular flexibility index (Phi) is 13.4. The van der Waals surface area contributed by atoms with E-state index in [2.05, 4.69) is 75.0 Å². The van der Waals surface area contributed by atoms with Gasteiger partial charge in [-0.1, -0.05) is 54.4 Å². The zero-order valence-electron chi connectivity index (χ0n) is 32.4. The number of rotatable bonds is 17. The standard InChI is InChI=1S/C46H57NO7S/c1-4-25-51-46-42(55-36-15-6-5-7-16-36)30-40(47-54-43-18-10-13-26-50-43)38-28-33(14-8-11-23-48)37(17-9-12-24-49)44(45(38)46)39-29-35(21-22-41(39)53-46)52-34-20-19-31(2)32(3)27-34/h4-7,15-16,19-22,27-29,33,37,42-45,48-49H,1,8-14,17-18,23-26,30H2,2-3H3. The van der Waals surface area contributed by atoms with Crippen LogP contribution in [0.25, 0.3) is 0 Å².